The minimum absolute atomic E-state index is 0.0767. The van der Waals surface area contributed by atoms with Gasteiger partial charge in [-0.2, -0.15) is 0 Å². The van der Waals surface area contributed by atoms with E-state index < -0.39 is 0 Å². The van der Waals surface area contributed by atoms with E-state index in [1.165, 1.54) is 11.1 Å². The monoisotopic (exact) mass is 436 g/mol. The van der Waals surface area contributed by atoms with Gasteiger partial charge >= 0.3 is 0 Å². The number of aliphatic hydroxyl groups is 1. The molecule has 3 aliphatic heterocycles. The maximum Gasteiger partial charge on any atom is 0.254 e. The van der Waals surface area contributed by atoms with Gasteiger partial charge in [-0.3, -0.25) is 4.79 Å². The van der Waals surface area contributed by atoms with Crippen molar-refractivity contribution in [3.05, 3.63) is 64.7 Å². The van der Waals surface area contributed by atoms with Gasteiger partial charge in [0.05, 0.1) is 19.3 Å². The summed E-state index contributed by atoms with van der Waals surface area (Å²) in [6.45, 7) is 3.28. The number of hydrogen-bond donors (Lipinski definition) is 2. The number of nitrogens with one attached hydrogen (secondary N) is 1. The molecule has 1 amide bonds. The molecule has 6 heteroatoms. The quantitative estimate of drug-likeness (QED) is 0.719. The molecule has 2 aromatic rings. The summed E-state index contributed by atoms with van der Waals surface area (Å²) in [6.07, 6.45) is 3.79. The molecule has 0 radical (unpaired) electrons. The van der Waals surface area contributed by atoms with Crippen LogP contribution >= 0.6 is 0 Å². The summed E-state index contributed by atoms with van der Waals surface area (Å²) in [5, 5.41) is 13.5. The highest BCUT2D eigenvalue weighted by atomic mass is 16.5. The van der Waals surface area contributed by atoms with Crippen molar-refractivity contribution in [3.8, 4) is 5.75 Å². The van der Waals surface area contributed by atoms with Gasteiger partial charge in [0, 0.05) is 37.2 Å². The summed E-state index contributed by atoms with van der Waals surface area (Å²) in [7, 11) is 0. The Labute approximate surface area is 189 Å². The van der Waals surface area contributed by atoms with Crippen molar-refractivity contribution in [2.24, 2.45) is 0 Å². The number of piperidine rings is 1. The van der Waals surface area contributed by atoms with Gasteiger partial charge in [0.2, 0.25) is 0 Å². The first-order chi connectivity index (χ1) is 15.7. The summed E-state index contributed by atoms with van der Waals surface area (Å²) in [5.41, 5.74) is 4.16. The minimum Gasteiger partial charge on any atom is -0.491 e. The third-order valence-corrected chi connectivity index (χ3v) is 6.87. The summed E-state index contributed by atoms with van der Waals surface area (Å²) < 4.78 is 11.7. The molecule has 2 atom stereocenters. The number of carbonyl (C=O) groups is 1. The Balaban J connectivity index is 1.43. The number of ether oxygens (including phenoxy) is 2. The molecule has 170 valence electrons. The number of benzene rings is 2. The molecule has 32 heavy (non-hydrogen) atoms. The Morgan fingerprint density at radius 3 is 2.66 bits per heavy atom. The molecule has 5 rings (SSSR count). The Hall–Kier alpha value is -2.41. The molecule has 2 N–H and O–H groups in total. The van der Waals surface area contributed by atoms with Gasteiger partial charge in [-0.15, -0.1) is 0 Å². The summed E-state index contributed by atoms with van der Waals surface area (Å²) in [4.78, 5) is 15.5. The van der Waals surface area contributed by atoms with E-state index in [0.29, 0.717) is 44.6 Å². The van der Waals surface area contributed by atoms with Crippen LogP contribution in [0.25, 0.3) is 0 Å². The summed E-state index contributed by atoms with van der Waals surface area (Å²) in [6, 6.07) is 14.7. The van der Waals surface area contributed by atoms with Crippen molar-refractivity contribution in [2.45, 2.75) is 56.8 Å². The zero-order valence-corrected chi connectivity index (χ0v) is 18.5. The Bertz CT molecular complexity index is 949. The average Bonchev–Trinajstić information content (AvgIpc) is 3.06. The highest BCUT2D eigenvalue weighted by Gasteiger charge is 2.43. The van der Waals surface area contributed by atoms with Crippen molar-refractivity contribution >= 4 is 5.91 Å². The number of hydrogen-bond acceptors (Lipinski definition) is 5. The van der Waals surface area contributed by atoms with E-state index in [4.69, 9.17) is 9.47 Å². The van der Waals surface area contributed by atoms with E-state index in [9.17, 15) is 9.90 Å². The second kappa shape index (κ2) is 9.61. The average molecular weight is 437 g/mol. The second-order valence-electron chi connectivity index (χ2n) is 9.18. The lowest BCUT2D eigenvalue weighted by Crippen LogP contribution is -2.48. The first-order valence-electron chi connectivity index (χ1n) is 11.8. The SMILES string of the molecule is O=C(c1ccc2c(c1)Cc1cccc(c1)CNCCOCCO2)N1C2CCC1CC(O)C2. The van der Waals surface area contributed by atoms with E-state index in [1.54, 1.807) is 0 Å². The molecule has 0 spiro atoms. The first-order valence-corrected chi connectivity index (χ1v) is 11.8. The smallest absolute Gasteiger partial charge is 0.254 e. The van der Waals surface area contributed by atoms with Crippen LogP contribution in [-0.2, 0) is 17.7 Å². The van der Waals surface area contributed by atoms with E-state index in [2.05, 4.69) is 29.6 Å². The van der Waals surface area contributed by atoms with E-state index in [0.717, 1.165) is 37.2 Å². The molecule has 0 aromatic heterocycles. The van der Waals surface area contributed by atoms with Crippen LogP contribution in [0.5, 0.6) is 5.75 Å². The second-order valence-corrected chi connectivity index (χ2v) is 9.18. The normalized spacial score (nSPS) is 26.0. The highest BCUT2D eigenvalue weighted by Crippen LogP contribution is 2.37. The van der Waals surface area contributed by atoms with E-state index in [1.807, 2.05) is 23.1 Å². The van der Waals surface area contributed by atoms with Crippen LogP contribution in [0.3, 0.4) is 0 Å². The van der Waals surface area contributed by atoms with Crippen molar-refractivity contribution < 1.29 is 19.4 Å². The maximum atomic E-state index is 13.5. The molecule has 0 saturated carbocycles. The zero-order chi connectivity index (χ0) is 21.9. The number of rotatable bonds is 1. The molecule has 0 aliphatic carbocycles. The molecule has 2 fully saturated rings. The van der Waals surface area contributed by atoms with Gasteiger partial charge in [-0.05, 0) is 60.6 Å². The number of nitrogens with zero attached hydrogens (tertiary/aromatic N) is 1. The van der Waals surface area contributed by atoms with Crippen LogP contribution in [0.15, 0.2) is 42.5 Å². The molecule has 4 bridgehead atoms. The topological polar surface area (TPSA) is 71.0 Å². The highest BCUT2D eigenvalue weighted by molar-refractivity contribution is 5.95. The number of amides is 1. The molecule has 6 nitrogen and oxygen atoms in total. The number of aliphatic hydroxyl groups excluding tert-OH is 1. The molecule has 2 unspecified atom stereocenters. The predicted octanol–water partition coefficient (Wildman–Crippen LogP) is 2.90. The third-order valence-electron chi connectivity index (χ3n) is 6.87. The predicted molar refractivity (Wildman–Crippen MR) is 122 cm³/mol. The van der Waals surface area contributed by atoms with Crippen LogP contribution in [0.2, 0.25) is 0 Å². The standard InChI is InChI=1S/C26H32N2O4/c29-24-15-22-5-6-23(16-24)28(22)26(30)20-4-7-25-21(14-20)13-18-2-1-3-19(12-18)17-27-8-9-31-10-11-32-25/h1-4,7,12,14,22-24,27,29H,5-6,8-11,13,15-17H2. The zero-order valence-electron chi connectivity index (χ0n) is 18.5. The van der Waals surface area contributed by atoms with Gasteiger partial charge in [-0.25, -0.2) is 0 Å². The third kappa shape index (κ3) is 4.68. The van der Waals surface area contributed by atoms with Gasteiger partial charge in [0.1, 0.15) is 12.4 Å². The molecule has 3 aliphatic rings. The van der Waals surface area contributed by atoms with Gasteiger partial charge in [0.15, 0.2) is 0 Å². The molecular formula is C26H32N2O4. The molecule has 2 saturated heterocycles. The summed E-state index contributed by atoms with van der Waals surface area (Å²) >= 11 is 0. The molecule has 2 aromatic carbocycles. The van der Waals surface area contributed by atoms with Gasteiger partial charge in [0.25, 0.3) is 5.91 Å². The molecular weight excluding hydrogens is 404 g/mol. The Morgan fingerprint density at radius 2 is 1.81 bits per heavy atom. The van der Waals surface area contributed by atoms with Gasteiger partial charge in [-0.1, -0.05) is 24.3 Å². The van der Waals surface area contributed by atoms with Crippen molar-refractivity contribution in [1.82, 2.24) is 10.2 Å². The maximum absolute atomic E-state index is 13.5. The fourth-order valence-corrected chi connectivity index (χ4v) is 5.38. The van der Waals surface area contributed by atoms with Gasteiger partial charge < -0.3 is 24.8 Å². The van der Waals surface area contributed by atoms with Crippen LogP contribution in [-0.4, -0.2) is 60.5 Å². The van der Waals surface area contributed by atoms with Crippen LogP contribution < -0.4 is 10.1 Å². The van der Waals surface area contributed by atoms with Crippen molar-refractivity contribution in [3.63, 3.8) is 0 Å². The largest absolute Gasteiger partial charge is 0.491 e. The Morgan fingerprint density at radius 1 is 1.00 bits per heavy atom. The van der Waals surface area contributed by atoms with Crippen LogP contribution in [0.1, 0.15) is 52.7 Å². The minimum atomic E-state index is -0.279. The lowest BCUT2D eigenvalue weighted by Gasteiger charge is -2.37. The van der Waals surface area contributed by atoms with Crippen molar-refractivity contribution in [2.75, 3.05) is 26.4 Å². The van der Waals surface area contributed by atoms with E-state index >= 15 is 0 Å². The van der Waals surface area contributed by atoms with E-state index in [-0.39, 0.29) is 24.1 Å². The van der Waals surface area contributed by atoms with Crippen LogP contribution in [0.4, 0.5) is 0 Å². The number of fused-ring (bicyclic) bond motifs is 5. The lowest BCUT2D eigenvalue weighted by molar-refractivity contribution is 0.0286. The molecule has 3 heterocycles. The summed E-state index contributed by atoms with van der Waals surface area (Å²) in [5.74, 6) is 0.885. The number of carbonyl (C=O) groups excluding carboxylic acids is 1. The van der Waals surface area contributed by atoms with Crippen molar-refractivity contribution in [1.29, 1.82) is 0 Å². The van der Waals surface area contributed by atoms with Crippen LogP contribution in [0, 0.1) is 0 Å². The fourth-order valence-electron chi connectivity index (χ4n) is 5.38. The Kier molecular flexibility index (Phi) is 6.44. The fraction of sp³-hybridized carbons (Fsp3) is 0.500. The first kappa shape index (κ1) is 21.4. The lowest BCUT2D eigenvalue weighted by atomic mass is 9.97.